The first kappa shape index (κ1) is 15.6. The van der Waals surface area contributed by atoms with Crippen LogP contribution in [0.15, 0.2) is 69.9 Å². The fourth-order valence-corrected chi connectivity index (χ4v) is 3.17. The summed E-state index contributed by atoms with van der Waals surface area (Å²) in [6, 6.07) is 18.0. The highest BCUT2D eigenvalue weighted by molar-refractivity contribution is 6.06. The molecular formula is C20H17NO4. The van der Waals surface area contributed by atoms with E-state index in [-0.39, 0.29) is 17.7 Å². The Kier molecular flexibility index (Phi) is 4.07. The van der Waals surface area contributed by atoms with Gasteiger partial charge in [0.2, 0.25) is 0 Å². The molecule has 1 saturated heterocycles. The van der Waals surface area contributed by atoms with Crippen LogP contribution < -0.4 is 10.5 Å². The summed E-state index contributed by atoms with van der Waals surface area (Å²) in [5.74, 6) is -0.288. The van der Waals surface area contributed by atoms with Crippen molar-refractivity contribution in [3.8, 4) is 0 Å². The van der Waals surface area contributed by atoms with Crippen LogP contribution in [0.5, 0.6) is 0 Å². The van der Waals surface area contributed by atoms with Crippen molar-refractivity contribution in [2.45, 2.75) is 12.5 Å². The molecule has 0 spiro atoms. The van der Waals surface area contributed by atoms with E-state index in [0.29, 0.717) is 24.0 Å². The van der Waals surface area contributed by atoms with Crippen LogP contribution in [-0.2, 0) is 4.74 Å². The molecule has 3 aromatic rings. The Morgan fingerprint density at radius 1 is 1.04 bits per heavy atom. The van der Waals surface area contributed by atoms with E-state index in [1.54, 1.807) is 29.2 Å². The minimum absolute atomic E-state index is 0.0412. The number of nitrogens with zero attached hydrogens (tertiary/aromatic N) is 1. The molecule has 1 amide bonds. The van der Waals surface area contributed by atoms with Gasteiger partial charge in [-0.15, -0.1) is 0 Å². The summed E-state index contributed by atoms with van der Waals surface area (Å²) in [7, 11) is 0. The number of rotatable bonds is 3. The molecule has 0 bridgehead atoms. The molecule has 1 aliphatic heterocycles. The molecule has 4 rings (SSSR count). The second-order valence-corrected chi connectivity index (χ2v) is 6.01. The van der Waals surface area contributed by atoms with Crippen molar-refractivity contribution in [2.24, 2.45) is 0 Å². The van der Waals surface area contributed by atoms with E-state index >= 15 is 0 Å². The van der Waals surface area contributed by atoms with E-state index in [0.717, 1.165) is 12.1 Å². The first-order valence-corrected chi connectivity index (χ1v) is 8.23. The summed E-state index contributed by atoms with van der Waals surface area (Å²) in [6.45, 7) is 1.08. The number of amides is 1. The van der Waals surface area contributed by atoms with Gasteiger partial charge in [0.05, 0.1) is 18.0 Å². The summed E-state index contributed by atoms with van der Waals surface area (Å²) in [6.07, 6.45) is 0.748. The molecule has 1 aliphatic rings. The first-order chi connectivity index (χ1) is 12.2. The Hall–Kier alpha value is -2.92. The highest BCUT2D eigenvalue weighted by Gasteiger charge is 2.31. The monoisotopic (exact) mass is 335 g/mol. The Morgan fingerprint density at radius 2 is 1.80 bits per heavy atom. The third kappa shape index (κ3) is 2.94. The first-order valence-electron chi connectivity index (χ1n) is 8.23. The number of hydrogen-bond acceptors (Lipinski definition) is 4. The average Bonchev–Trinajstić information content (AvgIpc) is 3.17. The summed E-state index contributed by atoms with van der Waals surface area (Å²) in [5, 5.41) is 1.16. The van der Waals surface area contributed by atoms with Crippen molar-refractivity contribution >= 4 is 22.4 Å². The summed E-state index contributed by atoms with van der Waals surface area (Å²) in [4.78, 5) is 27.1. The lowest BCUT2D eigenvalue weighted by molar-refractivity contribution is 0.0941. The average molecular weight is 335 g/mol. The molecule has 25 heavy (non-hydrogen) atoms. The van der Waals surface area contributed by atoms with Gasteiger partial charge in [0.15, 0.2) is 5.76 Å². The van der Waals surface area contributed by atoms with Gasteiger partial charge in [-0.05, 0) is 36.1 Å². The third-order valence-corrected chi connectivity index (χ3v) is 4.40. The molecule has 2 aromatic carbocycles. The zero-order chi connectivity index (χ0) is 17.2. The maximum absolute atomic E-state index is 13.2. The van der Waals surface area contributed by atoms with Gasteiger partial charge in [0.25, 0.3) is 5.91 Å². The molecular weight excluding hydrogens is 318 g/mol. The van der Waals surface area contributed by atoms with E-state index < -0.39 is 5.63 Å². The molecule has 0 unspecified atom stereocenters. The third-order valence-electron chi connectivity index (χ3n) is 4.40. The Labute approximate surface area is 144 Å². The lowest BCUT2D eigenvalue weighted by Crippen LogP contribution is -2.41. The van der Waals surface area contributed by atoms with Gasteiger partial charge in [-0.25, -0.2) is 4.79 Å². The second-order valence-electron chi connectivity index (χ2n) is 6.01. The lowest BCUT2D eigenvalue weighted by Gasteiger charge is -2.27. The molecule has 0 N–H and O–H groups in total. The van der Waals surface area contributed by atoms with Crippen LogP contribution in [0.3, 0.4) is 0 Å². The van der Waals surface area contributed by atoms with Crippen LogP contribution in [0.4, 0.5) is 5.69 Å². The van der Waals surface area contributed by atoms with Crippen LogP contribution in [0, 0.1) is 0 Å². The second kappa shape index (κ2) is 6.53. The highest BCUT2D eigenvalue weighted by Crippen LogP contribution is 2.24. The van der Waals surface area contributed by atoms with Crippen molar-refractivity contribution in [3.05, 3.63) is 76.8 Å². The molecule has 1 aromatic heterocycles. The Bertz CT molecular complexity index is 958. The quantitative estimate of drug-likeness (QED) is 0.737. The van der Waals surface area contributed by atoms with Crippen molar-refractivity contribution in [3.63, 3.8) is 0 Å². The predicted octanol–water partition coefficient (Wildman–Crippen LogP) is 3.23. The molecule has 0 aliphatic carbocycles. The van der Waals surface area contributed by atoms with Crippen LogP contribution in [0.2, 0.25) is 0 Å². The minimum Gasteiger partial charge on any atom is -0.417 e. The summed E-state index contributed by atoms with van der Waals surface area (Å²) >= 11 is 0. The van der Waals surface area contributed by atoms with E-state index in [1.807, 2.05) is 36.4 Å². The highest BCUT2D eigenvalue weighted by atomic mass is 16.5. The molecule has 2 heterocycles. The molecule has 1 fully saturated rings. The molecule has 0 radical (unpaired) electrons. The number of para-hydroxylation sites is 1. The van der Waals surface area contributed by atoms with E-state index in [9.17, 15) is 9.59 Å². The Balaban J connectivity index is 1.79. The standard InChI is InChI=1S/C20H17NO4/c22-19(18-12-14-6-4-5-9-17(14)20(23)25-18)21(16-10-11-24-13-16)15-7-2-1-3-8-15/h1-9,12,16H,10-11,13H2/t16-/m1/s1. The maximum atomic E-state index is 13.2. The number of anilines is 1. The van der Waals surface area contributed by atoms with Gasteiger partial charge in [0, 0.05) is 12.3 Å². The normalized spacial score (nSPS) is 16.9. The van der Waals surface area contributed by atoms with E-state index in [1.165, 1.54) is 0 Å². The maximum Gasteiger partial charge on any atom is 0.344 e. The Morgan fingerprint density at radius 3 is 2.56 bits per heavy atom. The number of carbonyl (C=O) groups is 1. The van der Waals surface area contributed by atoms with Crippen molar-refractivity contribution in [1.29, 1.82) is 0 Å². The summed E-state index contributed by atoms with van der Waals surface area (Å²) < 4.78 is 10.8. The number of carbonyl (C=O) groups excluding carboxylic acids is 1. The van der Waals surface area contributed by atoms with Crippen LogP contribution in [0.25, 0.3) is 10.8 Å². The topological polar surface area (TPSA) is 59.8 Å². The van der Waals surface area contributed by atoms with Crippen LogP contribution in [-0.4, -0.2) is 25.2 Å². The zero-order valence-electron chi connectivity index (χ0n) is 13.6. The summed E-state index contributed by atoms with van der Waals surface area (Å²) in [5.41, 5.74) is 0.260. The van der Waals surface area contributed by atoms with Gasteiger partial charge in [0.1, 0.15) is 0 Å². The fourth-order valence-electron chi connectivity index (χ4n) is 3.17. The van der Waals surface area contributed by atoms with Crippen molar-refractivity contribution in [1.82, 2.24) is 0 Å². The SMILES string of the molecule is O=C(c1cc2ccccc2c(=O)o1)N(c1ccccc1)[C@@H]1CCOC1. The smallest absolute Gasteiger partial charge is 0.344 e. The van der Waals surface area contributed by atoms with Gasteiger partial charge < -0.3 is 14.1 Å². The molecule has 126 valence electrons. The number of hydrogen-bond donors (Lipinski definition) is 0. The van der Waals surface area contributed by atoms with Crippen molar-refractivity contribution < 1.29 is 13.9 Å². The largest absolute Gasteiger partial charge is 0.417 e. The van der Waals surface area contributed by atoms with E-state index in [4.69, 9.17) is 9.15 Å². The number of fused-ring (bicyclic) bond motifs is 1. The molecule has 5 heteroatoms. The van der Waals surface area contributed by atoms with Crippen LogP contribution >= 0.6 is 0 Å². The van der Waals surface area contributed by atoms with Gasteiger partial charge >= 0.3 is 5.63 Å². The number of benzene rings is 2. The lowest BCUT2D eigenvalue weighted by atomic mass is 10.1. The van der Waals surface area contributed by atoms with Gasteiger partial charge in [-0.2, -0.15) is 0 Å². The fraction of sp³-hybridized carbons (Fsp3) is 0.200. The van der Waals surface area contributed by atoms with Gasteiger partial charge in [-0.3, -0.25) is 4.79 Å². The van der Waals surface area contributed by atoms with Crippen molar-refractivity contribution in [2.75, 3.05) is 18.1 Å². The molecule has 0 saturated carbocycles. The predicted molar refractivity (Wildman–Crippen MR) is 95.0 cm³/mol. The van der Waals surface area contributed by atoms with Gasteiger partial charge in [-0.1, -0.05) is 36.4 Å². The molecule has 5 nitrogen and oxygen atoms in total. The number of ether oxygens (including phenoxy) is 1. The van der Waals surface area contributed by atoms with E-state index in [2.05, 4.69) is 0 Å². The molecule has 1 atom stereocenters. The van der Waals surface area contributed by atoms with Crippen LogP contribution in [0.1, 0.15) is 17.0 Å². The zero-order valence-corrected chi connectivity index (χ0v) is 13.6. The minimum atomic E-state index is -0.503.